The molecule has 10 heteroatoms. The number of benzene rings is 2. The van der Waals surface area contributed by atoms with Crippen molar-refractivity contribution < 1.29 is 48.0 Å². The van der Waals surface area contributed by atoms with Crippen molar-refractivity contribution in [2.75, 3.05) is 28.4 Å². The van der Waals surface area contributed by atoms with Gasteiger partial charge in [-0.05, 0) is 43.2 Å². The highest BCUT2D eigenvalue weighted by Gasteiger charge is 2.19. The number of carbonyl (C=O) groups excluding carboxylic acids is 3. The first-order chi connectivity index (χ1) is 17.0. The molecule has 1 saturated heterocycles. The molecule has 0 unspecified atom stereocenters. The van der Waals surface area contributed by atoms with Crippen molar-refractivity contribution in [2.24, 2.45) is 0 Å². The van der Waals surface area contributed by atoms with Crippen LogP contribution in [0.15, 0.2) is 30.3 Å². The minimum atomic E-state index is -0.992. The molecule has 1 N–H and O–H groups in total. The van der Waals surface area contributed by atoms with Crippen LogP contribution in [0.5, 0.6) is 23.0 Å². The van der Waals surface area contributed by atoms with E-state index in [1.165, 1.54) is 14.2 Å². The molecule has 2 aromatic rings. The summed E-state index contributed by atoms with van der Waals surface area (Å²) >= 11 is 0. The number of cyclic esters (lactones) is 2. The first-order valence-electron chi connectivity index (χ1n) is 10.9. The number of rotatable bonds is 8. The molecule has 36 heavy (non-hydrogen) atoms. The maximum Gasteiger partial charge on any atom is 0.314 e. The number of ether oxygens (including phenoxy) is 5. The highest BCUT2D eigenvalue weighted by molar-refractivity contribution is 6.01. The van der Waals surface area contributed by atoms with Gasteiger partial charge in [0.1, 0.15) is 23.0 Å². The normalized spacial score (nSPS) is 11.7. The highest BCUT2D eigenvalue weighted by atomic mass is 16.6. The van der Waals surface area contributed by atoms with Crippen LogP contribution in [0.4, 0.5) is 0 Å². The Bertz CT molecular complexity index is 1040. The Kier molecular flexibility index (Phi) is 12.5. The molecular weight excluding hydrogens is 472 g/mol. The average molecular weight is 505 g/mol. The zero-order valence-corrected chi connectivity index (χ0v) is 21.3. The predicted octanol–water partition coefficient (Wildman–Crippen LogP) is 3.92. The van der Waals surface area contributed by atoms with Crippen molar-refractivity contribution in [1.29, 1.82) is 0 Å². The topological polar surface area (TPSA) is 135 Å². The van der Waals surface area contributed by atoms with Gasteiger partial charge >= 0.3 is 17.9 Å². The van der Waals surface area contributed by atoms with Crippen molar-refractivity contribution in [3.63, 3.8) is 0 Å². The summed E-state index contributed by atoms with van der Waals surface area (Å²) < 4.78 is 24.4. The van der Waals surface area contributed by atoms with Crippen LogP contribution in [0.3, 0.4) is 0 Å². The van der Waals surface area contributed by atoms with E-state index in [0.29, 0.717) is 22.6 Å². The van der Waals surface area contributed by atoms with E-state index in [0.717, 1.165) is 17.1 Å². The van der Waals surface area contributed by atoms with Crippen LogP contribution in [0, 0.1) is 13.8 Å². The molecule has 0 radical (unpaired) electrons. The van der Waals surface area contributed by atoms with Crippen LogP contribution < -0.4 is 18.9 Å². The second kappa shape index (κ2) is 15.0. The zero-order chi connectivity index (χ0) is 27.3. The van der Waals surface area contributed by atoms with E-state index in [9.17, 15) is 19.2 Å². The Balaban J connectivity index is 0.000000303. The Labute approximate surface area is 210 Å². The van der Waals surface area contributed by atoms with Gasteiger partial charge in [-0.3, -0.25) is 19.2 Å². The molecule has 0 saturated carbocycles. The van der Waals surface area contributed by atoms with Crippen molar-refractivity contribution >= 4 is 23.7 Å². The smallest absolute Gasteiger partial charge is 0.314 e. The molecule has 0 amide bonds. The summed E-state index contributed by atoms with van der Waals surface area (Å²) in [6.07, 6.45) is 0.296. The van der Waals surface area contributed by atoms with Gasteiger partial charge in [-0.1, -0.05) is 0 Å². The Morgan fingerprint density at radius 2 is 1.28 bits per heavy atom. The largest absolute Gasteiger partial charge is 0.497 e. The van der Waals surface area contributed by atoms with Crippen LogP contribution >= 0.6 is 0 Å². The van der Waals surface area contributed by atoms with Gasteiger partial charge in [-0.25, -0.2) is 0 Å². The van der Waals surface area contributed by atoms with Crippen LogP contribution in [-0.2, 0) is 19.1 Å². The molecule has 1 aliphatic rings. The first-order valence-corrected chi connectivity index (χ1v) is 10.9. The summed E-state index contributed by atoms with van der Waals surface area (Å²) in [4.78, 5) is 42.5. The second-order valence-electron chi connectivity index (χ2n) is 7.57. The first kappa shape index (κ1) is 30.0. The number of carboxylic acids is 1. The van der Waals surface area contributed by atoms with Crippen molar-refractivity contribution in [3.05, 3.63) is 47.0 Å². The average Bonchev–Trinajstić information content (AvgIpc) is 3.24. The molecule has 196 valence electrons. The Morgan fingerprint density at radius 3 is 1.67 bits per heavy atom. The second-order valence-corrected chi connectivity index (χ2v) is 7.57. The molecule has 3 rings (SSSR count). The molecule has 0 aromatic heterocycles. The lowest BCUT2D eigenvalue weighted by atomic mass is 10.00. The summed E-state index contributed by atoms with van der Waals surface area (Å²) in [5.41, 5.74) is 2.27. The minimum absolute atomic E-state index is 0.0428. The molecule has 10 nitrogen and oxygen atoms in total. The quantitative estimate of drug-likeness (QED) is 0.320. The fraction of sp³-hybridized carbons (Fsp3) is 0.385. The monoisotopic (exact) mass is 504 g/mol. The fourth-order valence-electron chi connectivity index (χ4n) is 3.09. The molecule has 1 heterocycles. The van der Waals surface area contributed by atoms with Crippen LogP contribution in [0.1, 0.15) is 47.2 Å². The molecule has 0 atom stereocenters. The predicted molar refractivity (Wildman–Crippen MR) is 130 cm³/mol. The van der Waals surface area contributed by atoms with Gasteiger partial charge in [-0.15, -0.1) is 0 Å². The minimum Gasteiger partial charge on any atom is -0.497 e. The van der Waals surface area contributed by atoms with Crippen LogP contribution in [-0.4, -0.2) is 57.2 Å². The number of carbonyl (C=O) groups is 4. The van der Waals surface area contributed by atoms with Crippen molar-refractivity contribution in [2.45, 2.75) is 39.5 Å². The van der Waals surface area contributed by atoms with E-state index in [4.69, 9.17) is 24.1 Å². The van der Waals surface area contributed by atoms with Crippen molar-refractivity contribution in [3.8, 4) is 23.0 Å². The fourth-order valence-corrected chi connectivity index (χ4v) is 3.09. The number of Topliss-reactive ketones (excluding diaryl/α,β-unsaturated/α-hetero) is 1. The lowest BCUT2D eigenvalue weighted by Gasteiger charge is -2.12. The maximum atomic E-state index is 12.0. The molecule has 0 spiro atoms. The summed E-state index contributed by atoms with van der Waals surface area (Å²) in [6, 6.07) is 9.11. The molecule has 0 aliphatic carbocycles. The molecular formula is C26H32O10. The lowest BCUT2D eigenvalue weighted by Crippen LogP contribution is -2.08. The number of methoxy groups -OCH3 is 4. The maximum absolute atomic E-state index is 12.0. The van der Waals surface area contributed by atoms with E-state index in [1.54, 1.807) is 33.3 Å². The van der Waals surface area contributed by atoms with Gasteiger partial charge in [0.15, 0.2) is 5.78 Å². The lowest BCUT2D eigenvalue weighted by molar-refractivity contribution is -0.152. The number of esters is 2. The summed E-state index contributed by atoms with van der Waals surface area (Å²) in [6.45, 7) is 3.77. The standard InChI is InChI=1S/C13H16O5.C9H12O2.C4H4O3/c1-8-6-9(17-2)7-11(18-3)13(8)10(14)4-5-12(15)16;1-7-4-8(10-2)6-9(5-7)11-3;5-3-1-2-4(6)7-3/h6-7H,4-5H2,1-3H3,(H,15,16);4-6H,1-3H3;1-2H2. The number of hydrogen-bond acceptors (Lipinski definition) is 9. The number of hydrogen-bond donors (Lipinski definition) is 1. The van der Waals surface area contributed by atoms with Crippen LogP contribution in [0.25, 0.3) is 0 Å². The Morgan fingerprint density at radius 1 is 0.778 bits per heavy atom. The van der Waals surface area contributed by atoms with E-state index >= 15 is 0 Å². The third kappa shape index (κ3) is 10.0. The zero-order valence-electron chi connectivity index (χ0n) is 21.3. The van der Waals surface area contributed by atoms with Gasteiger partial charge in [0.25, 0.3) is 0 Å². The van der Waals surface area contributed by atoms with Crippen molar-refractivity contribution in [1.82, 2.24) is 0 Å². The number of aliphatic carboxylic acids is 1. The SMILES string of the molecule is COc1cc(C)c(C(=O)CCC(=O)O)c(OC)c1.COc1cc(C)cc(OC)c1.O=C1CCC(=O)O1. The summed E-state index contributed by atoms with van der Waals surface area (Å²) in [5, 5.41) is 8.58. The van der Waals surface area contributed by atoms with E-state index in [2.05, 4.69) is 4.74 Å². The number of ketones is 1. The third-order valence-electron chi connectivity index (χ3n) is 4.83. The van der Waals surface area contributed by atoms with Gasteiger partial charge in [0.2, 0.25) is 0 Å². The number of carboxylic acid groups (broad SMARTS) is 1. The van der Waals surface area contributed by atoms with Gasteiger partial charge < -0.3 is 28.8 Å². The Hall–Kier alpha value is -4.08. The van der Waals surface area contributed by atoms with Gasteiger partial charge in [0.05, 0.1) is 53.3 Å². The molecule has 0 bridgehead atoms. The van der Waals surface area contributed by atoms with E-state index in [1.807, 2.05) is 25.1 Å². The summed E-state index contributed by atoms with van der Waals surface area (Å²) in [5.74, 6) is 0.642. The molecule has 1 fully saturated rings. The molecule has 2 aromatic carbocycles. The van der Waals surface area contributed by atoms with E-state index in [-0.39, 0.29) is 31.5 Å². The third-order valence-corrected chi connectivity index (χ3v) is 4.83. The van der Waals surface area contributed by atoms with E-state index < -0.39 is 17.9 Å². The highest BCUT2D eigenvalue weighted by Crippen LogP contribution is 2.29. The van der Waals surface area contributed by atoms with Gasteiger partial charge in [0, 0.05) is 18.6 Å². The van der Waals surface area contributed by atoms with Crippen LogP contribution in [0.2, 0.25) is 0 Å². The molecule has 1 aliphatic heterocycles. The number of aryl methyl sites for hydroxylation is 2. The summed E-state index contributed by atoms with van der Waals surface area (Å²) in [7, 11) is 6.28. The van der Waals surface area contributed by atoms with Gasteiger partial charge in [-0.2, -0.15) is 0 Å².